The summed E-state index contributed by atoms with van der Waals surface area (Å²) in [5.74, 6) is 0.258. The number of carbonyl (C=O) groups excluding carboxylic acids is 2. The summed E-state index contributed by atoms with van der Waals surface area (Å²) in [6.45, 7) is -0.0937. The number of para-hydroxylation sites is 1. The summed E-state index contributed by atoms with van der Waals surface area (Å²) in [7, 11) is 0. The molecule has 1 atom stereocenters. The Bertz CT molecular complexity index is 711. The van der Waals surface area contributed by atoms with Crippen molar-refractivity contribution in [3.05, 3.63) is 65.2 Å². The molecule has 0 fully saturated rings. The van der Waals surface area contributed by atoms with Crippen LogP contribution in [0.3, 0.4) is 0 Å². The number of amides is 1. The fourth-order valence-corrected chi connectivity index (χ4v) is 2.99. The van der Waals surface area contributed by atoms with Crippen molar-refractivity contribution >= 4 is 12.2 Å². The molecular weight excluding hydrogens is 290 g/mol. The smallest absolute Gasteiger partial charge is 0.258 e. The Labute approximate surface area is 135 Å². The number of carbonyl (C=O) groups is 2. The lowest BCUT2D eigenvalue weighted by Crippen LogP contribution is -2.34. The van der Waals surface area contributed by atoms with E-state index in [4.69, 9.17) is 4.74 Å². The quantitative estimate of drug-likeness (QED) is 0.864. The summed E-state index contributed by atoms with van der Waals surface area (Å²) in [6.07, 6.45) is 3.79. The summed E-state index contributed by atoms with van der Waals surface area (Å²) in [4.78, 5) is 23.1. The van der Waals surface area contributed by atoms with Crippen LogP contribution >= 0.6 is 0 Å². The highest BCUT2D eigenvalue weighted by Crippen LogP contribution is 2.29. The first-order valence-electron chi connectivity index (χ1n) is 7.82. The van der Waals surface area contributed by atoms with Crippen molar-refractivity contribution in [2.45, 2.75) is 25.3 Å². The SMILES string of the molecule is O=Cc1ccccc1OCC(=O)NC1CCCc2ccccc21. The largest absolute Gasteiger partial charge is 0.483 e. The topological polar surface area (TPSA) is 55.4 Å². The summed E-state index contributed by atoms with van der Waals surface area (Å²) < 4.78 is 5.48. The van der Waals surface area contributed by atoms with Crippen LogP contribution in [0, 0.1) is 0 Å². The molecule has 0 spiro atoms. The zero-order chi connectivity index (χ0) is 16.1. The van der Waals surface area contributed by atoms with Gasteiger partial charge in [0.25, 0.3) is 5.91 Å². The van der Waals surface area contributed by atoms with Crippen molar-refractivity contribution in [3.8, 4) is 5.75 Å². The molecule has 4 heteroatoms. The van der Waals surface area contributed by atoms with Crippen molar-refractivity contribution < 1.29 is 14.3 Å². The van der Waals surface area contributed by atoms with Crippen molar-refractivity contribution in [3.63, 3.8) is 0 Å². The minimum atomic E-state index is -0.174. The number of nitrogens with one attached hydrogen (secondary N) is 1. The molecule has 4 nitrogen and oxygen atoms in total. The van der Waals surface area contributed by atoms with Gasteiger partial charge >= 0.3 is 0 Å². The summed E-state index contributed by atoms with van der Waals surface area (Å²) in [6, 6.07) is 15.1. The maximum atomic E-state index is 12.2. The van der Waals surface area contributed by atoms with E-state index < -0.39 is 0 Å². The van der Waals surface area contributed by atoms with Crippen molar-refractivity contribution in [1.29, 1.82) is 0 Å². The van der Waals surface area contributed by atoms with E-state index in [0.29, 0.717) is 11.3 Å². The highest BCUT2D eigenvalue weighted by Gasteiger charge is 2.21. The van der Waals surface area contributed by atoms with Crippen LogP contribution in [0.4, 0.5) is 0 Å². The van der Waals surface area contributed by atoms with Crippen LogP contribution in [0.1, 0.15) is 40.4 Å². The van der Waals surface area contributed by atoms with Gasteiger partial charge < -0.3 is 10.1 Å². The Balaban J connectivity index is 1.61. The van der Waals surface area contributed by atoms with Crippen LogP contribution in [0.2, 0.25) is 0 Å². The van der Waals surface area contributed by atoms with Crippen LogP contribution in [0.15, 0.2) is 48.5 Å². The molecule has 0 saturated heterocycles. The molecule has 2 aromatic rings. The van der Waals surface area contributed by atoms with Crippen molar-refractivity contribution in [1.82, 2.24) is 5.32 Å². The number of hydrogen-bond acceptors (Lipinski definition) is 3. The Kier molecular flexibility index (Phi) is 4.71. The van der Waals surface area contributed by atoms with E-state index in [9.17, 15) is 9.59 Å². The summed E-state index contributed by atoms with van der Waals surface area (Å²) in [5.41, 5.74) is 2.94. The average molecular weight is 309 g/mol. The molecule has 1 aliphatic rings. The molecule has 1 N–H and O–H groups in total. The van der Waals surface area contributed by atoms with E-state index in [1.165, 1.54) is 11.1 Å². The van der Waals surface area contributed by atoms with Gasteiger partial charge in [0.2, 0.25) is 0 Å². The van der Waals surface area contributed by atoms with E-state index in [0.717, 1.165) is 25.5 Å². The molecule has 0 radical (unpaired) electrons. The molecule has 1 amide bonds. The summed E-state index contributed by atoms with van der Waals surface area (Å²) in [5, 5.41) is 3.03. The number of rotatable bonds is 5. The molecule has 0 saturated carbocycles. The molecule has 118 valence electrons. The van der Waals surface area contributed by atoms with Crippen LogP contribution in [0.5, 0.6) is 5.75 Å². The van der Waals surface area contributed by atoms with Crippen molar-refractivity contribution in [2.75, 3.05) is 6.61 Å². The molecule has 1 unspecified atom stereocenters. The minimum absolute atomic E-state index is 0.0392. The zero-order valence-corrected chi connectivity index (χ0v) is 12.8. The lowest BCUT2D eigenvalue weighted by Gasteiger charge is -2.26. The fraction of sp³-hybridized carbons (Fsp3) is 0.263. The van der Waals surface area contributed by atoms with E-state index in [2.05, 4.69) is 17.4 Å². The molecule has 0 bridgehead atoms. The predicted molar refractivity (Wildman–Crippen MR) is 87.6 cm³/mol. The molecule has 0 aromatic heterocycles. The predicted octanol–water partition coefficient (Wildman–Crippen LogP) is 3.07. The standard InChI is InChI=1S/C19H19NO3/c21-12-15-7-2-4-11-18(15)23-13-19(22)20-17-10-5-8-14-6-1-3-9-16(14)17/h1-4,6-7,9,11-12,17H,5,8,10,13H2,(H,20,22). The first kappa shape index (κ1) is 15.3. The van der Waals surface area contributed by atoms with Gasteiger partial charge in [0, 0.05) is 0 Å². The zero-order valence-electron chi connectivity index (χ0n) is 12.8. The van der Waals surface area contributed by atoms with Gasteiger partial charge in [-0.1, -0.05) is 36.4 Å². The Hall–Kier alpha value is -2.62. The van der Waals surface area contributed by atoms with E-state index in [1.54, 1.807) is 24.3 Å². The first-order chi connectivity index (χ1) is 11.3. The minimum Gasteiger partial charge on any atom is -0.483 e. The number of benzene rings is 2. The average Bonchev–Trinajstić information content (AvgIpc) is 2.60. The van der Waals surface area contributed by atoms with Gasteiger partial charge in [-0.2, -0.15) is 0 Å². The molecule has 2 aromatic carbocycles. The Morgan fingerprint density at radius 1 is 1.17 bits per heavy atom. The van der Waals surface area contributed by atoms with Crippen LogP contribution in [0.25, 0.3) is 0 Å². The van der Waals surface area contributed by atoms with Crippen LogP contribution < -0.4 is 10.1 Å². The Morgan fingerprint density at radius 3 is 2.83 bits per heavy atom. The van der Waals surface area contributed by atoms with Gasteiger partial charge in [-0.25, -0.2) is 0 Å². The maximum absolute atomic E-state index is 12.2. The third-order valence-electron chi connectivity index (χ3n) is 4.11. The second kappa shape index (κ2) is 7.09. The van der Waals surface area contributed by atoms with Gasteiger partial charge in [-0.3, -0.25) is 9.59 Å². The Morgan fingerprint density at radius 2 is 1.96 bits per heavy atom. The number of hydrogen-bond donors (Lipinski definition) is 1. The monoisotopic (exact) mass is 309 g/mol. The second-order valence-corrected chi connectivity index (χ2v) is 5.66. The summed E-state index contributed by atoms with van der Waals surface area (Å²) >= 11 is 0. The van der Waals surface area contributed by atoms with Gasteiger partial charge in [-0.15, -0.1) is 0 Å². The lowest BCUT2D eigenvalue weighted by molar-refractivity contribution is -0.124. The molecule has 23 heavy (non-hydrogen) atoms. The molecule has 3 rings (SSSR count). The van der Waals surface area contributed by atoms with E-state index in [1.807, 2.05) is 12.1 Å². The number of aryl methyl sites for hydroxylation is 1. The first-order valence-corrected chi connectivity index (χ1v) is 7.82. The third kappa shape index (κ3) is 3.59. The maximum Gasteiger partial charge on any atom is 0.258 e. The molecule has 0 heterocycles. The van der Waals surface area contributed by atoms with Gasteiger partial charge in [0.1, 0.15) is 5.75 Å². The molecule has 0 aliphatic heterocycles. The van der Waals surface area contributed by atoms with E-state index >= 15 is 0 Å². The van der Waals surface area contributed by atoms with Crippen LogP contribution in [-0.2, 0) is 11.2 Å². The van der Waals surface area contributed by atoms with Gasteiger partial charge in [-0.05, 0) is 42.5 Å². The number of fused-ring (bicyclic) bond motifs is 1. The molecule has 1 aliphatic carbocycles. The van der Waals surface area contributed by atoms with Crippen molar-refractivity contribution in [2.24, 2.45) is 0 Å². The van der Waals surface area contributed by atoms with Gasteiger partial charge in [0.15, 0.2) is 12.9 Å². The lowest BCUT2D eigenvalue weighted by atomic mass is 9.88. The highest BCUT2D eigenvalue weighted by molar-refractivity contribution is 5.81. The second-order valence-electron chi connectivity index (χ2n) is 5.66. The number of ether oxygens (including phenoxy) is 1. The van der Waals surface area contributed by atoms with Gasteiger partial charge in [0.05, 0.1) is 11.6 Å². The number of aldehydes is 1. The highest BCUT2D eigenvalue weighted by atomic mass is 16.5. The third-order valence-corrected chi connectivity index (χ3v) is 4.11. The van der Waals surface area contributed by atoms with E-state index in [-0.39, 0.29) is 18.6 Å². The fourth-order valence-electron chi connectivity index (χ4n) is 2.99. The normalized spacial score (nSPS) is 16.3. The van der Waals surface area contributed by atoms with Crippen LogP contribution in [-0.4, -0.2) is 18.8 Å². The molecular formula is C19H19NO3.